The number of ether oxygens (including phenoxy) is 8. The average molecular weight is 1110 g/mol. The number of aliphatic hydroxyl groups is 16. The van der Waals surface area contributed by atoms with Gasteiger partial charge in [-0.3, -0.25) is 18.7 Å². The molecule has 0 saturated carbocycles. The van der Waals surface area contributed by atoms with E-state index in [9.17, 15) is 81.7 Å². The summed E-state index contributed by atoms with van der Waals surface area (Å²) in [6, 6.07) is 0. The van der Waals surface area contributed by atoms with Crippen molar-refractivity contribution in [1.29, 1.82) is 0 Å². The summed E-state index contributed by atoms with van der Waals surface area (Å²) in [6.07, 6.45) is -25.4. The quantitative estimate of drug-likeness (QED) is 0.0310. The van der Waals surface area contributed by atoms with E-state index >= 15 is 0 Å². The van der Waals surface area contributed by atoms with Crippen LogP contribution in [0.15, 0.2) is 24.8 Å². The van der Waals surface area contributed by atoms with Gasteiger partial charge in [0.1, 0.15) is 120 Å². The molecule has 0 unspecified atom stereocenters. The maximum Gasteiger partial charge on any atom is 0.187 e. The van der Waals surface area contributed by atoms with Crippen LogP contribution in [0.25, 0.3) is 0 Å². The third-order valence-electron chi connectivity index (χ3n) is 13.3. The average Bonchev–Trinajstić information content (AvgIpc) is 4.28. The Hall–Kier alpha value is -4.40. The molecule has 20 atom stereocenters. The molecule has 4 fully saturated rings. The van der Waals surface area contributed by atoms with E-state index in [0.29, 0.717) is 0 Å². The van der Waals surface area contributed by atoms with Crippen LogP contribution in [0.1, 0.15) is 22.8 Å². The number of aromatic nitrogens is 12. The van der Waals surface area contributed by atoms with Crippen LogP contribution in [0.2, 0.25) is 0 Å². The molecule has 0 radical (unpaired) electrons. The molecule has 0 bridgehead atoms. The van der Waals surface area contributed by atoms with Crippen molar-refractivity contribution in [2.75, 3.05) is 26.4 Å². The van der Waals surface area contributed by atoms with Gasteiger partial charge < -0.3 is 120 Å². The van der Waals surface area contributed by atoms with Crippen molar-refractivity contribution in [3.05, 3.63) is 47.6 Å². The highest BCUT2D eigenvalue weighted by Crippen LogP contribution is 2.31. The zero-order valence-electron chi connectivity index (χ0n) is 40.6. The lowest BCUT2D eigenvalue weighted by Gasteiger charge is -2.39. The largest absolute Gasteiger partial charge is 0.394 e. The van der Waals surface area contributed by atoms with Crippen LogP contribution >= 0.6 is 0 Å². The van der Waals surface area contributed by atoms with Gasteiger partial charge in [-0.1, -0.05) is 20.9 Å². The first-order chi connectivity index (χ1) is 36.8. The highest BCUT2D eigenvalue weighted by Gasteiger charge is 2.48. The summed E-state index contributed by atoms with van der Waals surface area (Å²) in [5.74, 6) is 0. The Balaban J connectivity index is 1.07. The van der Waals surface area contributed by atoms with E-state index in [1.165, 1.54) is 43.5 Å². The lowest BCUT2D eigenvalue weighted by atomic mass is 9.87. The van der Waals surface area contributed by atoms with E-state index in [-0.39, 0.29) is 75.4 Å². The summed E-state index contributed by atoms with van der Waals surface area (Å²) in [4.78, 5) is 0. The molecule has 0 amide bonds. The van der Waals surface area contributed by atoms with Crippen LogP contribution in [-0.4, -0.2) is 291 Å². The van der Waals surface area contributed by atoms with Gasteiger partial charge in [0, 0.05) is 5.41 Å². The molecule has 4 aliphatic rings. The van der Waals surface area contributed by atoms with Crippen LogP contribution in [0.5, 0.6) is 0 Å². The van der Waals surface area contributed by atoms with Gasteiger partial charge in [0.25, 0.3) is 0 Å². The first-order valence-electron chi connectivity index (χ1n) is 24.1. The van der Waals surface area contributed by atoms with Gasteiger partial charge in [-0.15, -0.1) is 20.4 Å². The van der Waals surface area contributed by atoms with E-state index in [1.807, 2.05) is 0 Å². The molecule has 432 valence electrons. The van der Waals surface area contributed by atoms with E-state index in [2.05, 4.69) is 41.2 Å². The minimum atomic E-state index is -1.72. The van der Waals surface area contributed by atoms with Crippen LogP contribution in [0, 0.1) is 5.41 Å². The lowest BCUT2D eigenvalue weighted by molar-refractivity contribution is -0.304. The highest BCUT2D eigenvalue weighted by atomic mass is 16.7. The molecule has 4 aromatic heterocycles. The summed E-state index contributed by atoms with van der Waals surface area (Å²) in [7, 11) is 0. The number of aliphatic hydroxyl groups excluding tert-OH is 16. The minimum absolute atomic E-state index is 0.107. The van der Waals surface area contributed by atoms with Crippen molar-refractivity contribution in [3.8, 4) is 0 Å². The van der Waals surface area contributed by atoms with Crippen molar-refractivity contribution in [1.82, 2.24) is 60.0 Å². The normalized spacial score (nSPS) is 36.2. The number of rotatable bonds is 24. The van der Waals surface area contributed by atoms with Crippen molar-refractivity contribution in [2.45, 2.75) is 175 Å². The topological polar surface area (TPSA) is 520 Å². The Labute approximate surface area is 433 Å². The molecule has 77 heavy (non-hydrogen) atoms. The van der Waals surface area contributed by atoms with Crippen LogP contribution < -0.4 is 0 Å². The zero-order valence-corrected chi connectivity index (χ0v) is 40.6. The molecule has 16 N–H and O–H groups in total. The third-order valence-corrected chi connectivity index (χ3v) is 13.3. The van der Waals surface area contributed by atoms with Crippen LogP contribution in [0.4, 0.5) is 0 Å². The highest BCUT2D eigenvalue weighted by molar-refractivity contribution is 4.99. The molecule has 8 rings (SSSR count). The molecule has 0 spiro atoms. The molecule has 4 saturated heterocycles. The van der Waals surface area contributed by atoms with E-state index in [4.69, 9.17) is 37.9 Å². The molecular formula is C41H64N12O24. The van der Waals surface area contributed by atoms with Crippen molar-refractivity contribution < 1.29 is 120 Å². The van der Waals surface area contributed by atoms with Crippen molar-refractivity contribution in [3.63, 3.8) is 0 Å². The molecule has 4 aromatic rings. The second-order valence-electron chi connectivity index (χ2n) is 19.2. The number of nitrogens with zero attached hydrogens (tertiary/aromatic N) is 12. The minimum Gasteiger partial charge on any atom is -0.394 e. The molecule has 0 aromatic carbocycles. The lowest BCUT2D eigenvalue weighted by Crippen LogP contribution is -2.59. The van der Waals surface area contributed by atoms with Gasteiger partial charge in [-0.2, -0.15) is 0 Å². The van der Waals surface area contributed by atoms with E-state index in [0.717, 1.165) is 0 Å². The standard InChI is InChI=1S/C41H64N12O24/c54-5-21-25(58)29(62)33(66)37(74-21)70-9-17-1-50(46-42-17)13-41(14-51-2-18(43-47-51)10-71-38-34(67)30(63)26(59)22(6-55)75-38,15-52-3-19(44-48-52)11-72-39-35(68)31(64)27(60)23(7-56)76-39)16-53-4-20(45-49-53)12-73-40-36(69)32(65)28(61)24(8-57)77-40/h1-4,21-40,54-69H,5-16H2/t21-,22-,23-,24-,25-,26-,27-,28-,29+,30+,31+,32+,33+,34+,35+,36+,37+,38+,39+,40+/m1/s1. The SMILES string of the molecule is OC[C@H]1O[C@H](OCc2cn(CC(Cn3cc(CO[C@H]4O[C@H](CO)[C@@H](O)[C@H](O)[C@@H]4O)nn3)(Cn3cc(CO[C@H]4O[C@H](CO)[C@@H](O)[C@H](O)[C@@H]4O)nn3)Cn3cc(CO[C@H]4O[C@H](CO)[C@@H](O)[C@H](O)[C@@H]4O)nn3)nn2)[C@@H](O)[C@@H](O)[C@@H]1O. The summed E-state index contributed by atoms with van der Waals surface area (Å²) in [5.41, 5.74) is -0.577. The third kappa shape index (κ3) is 13.6. The van der Waals surface area contributed by atoms with Gasteiger partial charge >= 0.3 is 0 Å². The van der Waals surface area contributed by atoms with Crippen molar-refractivity contribution >= 4 is 0 Å². The van der Waals surface area contributed by atoms with Crippen molar-refractivity contribution in [2.24, 2.45) is 5.41 Å². The maximum atomic E-state index is 10.6. The first-order valence-corrected chi connectivity index (χ1v) is 24.1. The Bertz CT molecular complexity index is 2100. The number of hydrogen-bond donors (Lipinski definition) is 16. The molecule has 36 nitrogen and oxygen atoms in total. The Morgan fingerprint density at radius 2 is 0.545 bits per heavy atom. The zero-order chi connectivity index (χ0) is 55.3. The van der Waals surface area contributed by atoms with Gasteiger partial charge in [-0.05, 0) is 0 Å². The molecule has 8 heterocycles. The van der Waals surface area contributed by atoms with E-state index < -0.39 is 155 Å². The van der Waals surface area contributed by atoms with Gasteiger partial charge in [0.2, 0.25) is 0 Å². The molecule has 0 aliphatic carbocycles. The maximum absolute atomic E-state index is 10.6. The Morgan fingerprint density at radius 1 is 0.338 bits per heavy atom. The van der Waals surface area contributed by atoms with Crippen LogP contribution in [-0.2, 0) is 90.5 Å². The Morgan fingerprint density at radius 3 is 0.740 bits per heavy atom. The van der Waals surface area contributed by atoms with Gasteiger partial charge in [0.05, 0.1) is 104 Å². The fraction of sp³-hybridized carbons (Fsp3) is 0.805. The molecular weight excluding hydrogens is 1040 g/mol. The fourth-order valence-corrected chi connectivity index (χ4v) is 9.09. The summed E-state index contributed by atoms with van der Waals surface area (Å²) in [6.45, 7) is -4.66. The van der Waals surface area contributed by atoms with Gasteiger partial charge in [0.15, 0.2) is 25.2 Å². The molecule has 36 heteroatoms. The van der Waals surface area contributed by atoms with E-state index in [1.54, 1.807) is 0 Å². The summed E-state index contributed by atoms with van der Waals surface area (Å²) in [5, 5.41) is 197. The second-order valence-corrected chi connectivity index (χ2v) is 19.2. The first kappa shape index (κ1) is 58.7. The fourth-order valence-electron chi connectivity index (χ4n) is 9.09. The summed E-state index contributed by atoms with van der Waals surface area (Å²) >= 11 is 0. The Kier molecular flexibility index (Phi) is 19.7. The summed E-state index contributed by atoms with van der Waals surface area (Å²) < 4.78 is 50.3. The monoisotopic (exact) mass is 1110 g/mol. The smallest absolute Gasteiger partial charge is 0.187 e. The van der Waals surface area contributed by atoms with Gasteiger partial charge in [-0.25, -0.2) is 0 Å². The van der Waals surface area contributed by atoms with Crippen LogP contribution in [0.3, 0.4) is 0 Å². The predicted molar refractivity (Wildman–Crippen MR) is 237 cm³/mol. The number of hydrogen-bond acceptors (Lipinski definition) is 32. The molecule has 4 aliphatic heterocycles. The predicted octanol–water partition coefficient (Wildman–Crippen LogP) is -11.6. The second kappa shape index (κ2) is 25.8.